The third-order valence-electron chi connectivity index (χ3n) is 5.12. The van der Waals surface area contributed by atoms with Gasteiger partial charge < -0.3 is 9.73 Å². The van der Waals surface area contributed by atoms with Crippen LogP contribution in [-0.4, -0.2) is 11.7 Å². The van der Waals surface area contributed by atoms with Gasteiger partial charge in [0.05, 0.1) is 11.6 Å². The molecule has 1 amide bonds. The molecule has 1 aliphatic rings. The fourth-order valence-corrected chi connectivity index (χ4v) is 3.72. The first-order valence-corrected chi connectivity index (χ1v) is 9.31. The molecule has 1 heterocycles. The maximum absolute atomic E-state index is 13.4. The monoisotopic (exact) mass is 377 g/mol. The highest BCUT2D eigenvalue weighted by molar-refractivity contribution is 6.03. The summed E-state index contributed by atoms with van der Waals surface area (Å²) in [6, 6.07) is 15.0. The third kappa shape index (κ3) is 3.36. The molecule has 0 saturated carbocycles. The number of hydrogen-bond donors (Lipinski definition) is 1. The smallest absolute Gasteiger partial charge is 0.288 e. The van der Waals surface area contributed by atoms with E-state index < -0.39 is 11.9 Å². The maximum atomic E-state index is 13.4. The van der Waals surface area contributed by atoms with Crippen LogP contribution in [0.1, 0.15) is 62.2 Å². The highest BCUT2D eigenvalue weighted by Crippen LogP contribution is 2.30. The van der Waals surface area contributed by atoms with Crippen molar-refractivity contribution in [3.8, 4) is 0 Å². The molecule has 4 nitrogen and oxygen atoms in total. The van der Waals surface area contributed by atoms with Gasteiger partial charge in [-0.3, -0.25) is 9.59 Å². The first-order valence-electron chi connectivity index (χ1n) is 9.31. The Bertz CT molecular complexity index is 1020. The number of carbonyl (C=O) groups is 2. The van der Waals surface area contributed by atoms with Gasteiger partial charge in [-0.15, -0.1) is 0 Å². The Morgan fingerprint density at radius 2 is 1.71 bits per heavy atom. The molecule has 1 aromatic heterocycles. The molecular weight excluding hydrogens is 357 g/mol. The van der Waals surface area contributed by atoms with Crippen LogP contribution in [0.4, 0.5) is 4.39 Å². The minimum absolute atomic E-state index is 0.0275. The van der Waals surface area contributed by atoms with E-state index in [1.165, 1.54) is 12.1 Å². The predicted molar refractivity (Wildman–Crippen MR) is 103 cm³/mol. The molecule has 142 valence electrons. The number of amides is 1. The second-order valence-corrected chi connectivity index (χ2v) is 7.00. The van der Waals surface area contributed by atoms with Gasteiger partial charge in [0, 0.05) is 18.4 Å². The first kappa shape index (κ1) is 18.2. The molecule has 0 saturated heterocycles. The zero-order valence-corrected chi connectivity index (χ0v) is 15.5. The third-order valence-corrected chi connectivity index (χ3v) is 5.12. The topological polar surface area (TPSA) is 59.3 Å². The molecule has 28 heavy (non-hydrogen) atoms. The number of carbonyl (C=O) groups excluding carboxylic acids is 2. The number of furan rings is 1. The Balaban J connectivity index is 1.69. The van der Waals surface area contributed by atoms with Gasteiger partial charge in [-0.1, -0.05) is 42.5 Å². The Kier molecular flexibility index (Phi) is 4.82. The SMILES string of the molecule is Cc1c(C(=O)N[C@@H](c2ccccc2)c2ccc(F)cc2)oc2c1C(=O)CCC2. The Labute approximate surface area is 162 Å². The van der Waals surface area contributed by atoms with E-state index in [0.29, 0.717) is 29.7 Å². The summed E-state index contributed by atoms with van der Waals surface area (Å²) in [5.74, 6) is 0.0627. The van der Waals surface area contributed by atoms with E-state index in [-0.39, 0.29) is 17.4 Å². The van der Waals surface area contributed by atoms with Gasteiger partial charge in [-0.2, -0.15) is 0 Å². The Morgan fingerprint density at radius 1 is 1.04 bits per heavy atom. The molecule has 0 spiro atoms. The van der Waals surface area contributed by atoms with E-state index in [4.69, 9.17) is 4.42 Å². The van der Waals surface area contributed by atoms with E-state index in [1.807, 2.05) is 30.3 Å². The van der Waals surface area contributed by atoms with Crippen LogP contribution in [0.2, 0.25) is 0 Å². The van der Waals surface area contributed by atoms with E-state index in [0.717, 1.165) is 17.5 Å². The van der Waals surface area contributed by atoms with Crippen molar-refractivity contribution >= 4 is 11.7 Å². The van der Waals surface area contributed by atoms with Gasteiger partial charge in [0.25, 0.3) is 5.91 Å². The number of halogens is 1. The predicted octanol–water partition coefficient (Wildman–Crippen LogP) is 4.77. The van der Waals surface area contributed by atoms with Gasteiger partial charge in [-0.05, 0) is 36.6 Å². The van der Waals surface area contributed by atoms with Gasteiger partial charge in [0.15, 0.2) is 11.5 Å². The summed E-state index contributed by atoms with van der Waals surface area (Å²) >= 11 is 0. The van der Waals surface area contributed by atoms with Crippen LogP contribution in [0.5, 0.6) is 0 Å². The number of nitrogens with one attached hydrogen (secondary N) is 1. The van der Waals surface area contributed by atoms with Crippen molar-refractivity contribution in [2.75, 3.05) is 0 Å². The summed E-state index contributed by atoms with van der Waals surface area (Å²) in [6.45, 7) is 1.75. The molecule has 0 bridgehead atoms. The molecule has 2 aromatic carbocycles. The van der Waals surface area contributed by atoms with Crippen LogP contribution in [0, 0.1) is 12.7 Å². The fraction of sp³-hybridized carbons (Fsp3) is 0.217. The second kappa shape index (κ2) is 7.43. The number of Topliss-reactive ketones (excluding diaryl/α,β-unsaturated/α-hetero) is 1. The summed E-state index contributed by atoms with van der Waals surface area (Å²) in [5, 5.41) is 2.98. The van der Waals surface area contributed by atoms with Crippen LogP contribution in [0.25, 0.3) is 0 Å². The highest BCUT2D eigenvalue weighted by Gasteiger charge is 2.30. The number of ketones is 1. The Morgan fingerprint density at radius 3 is 2.39 bits per heavy atom. The first-order chi connectivity index (χ1) is 13.5. The number of fused-ring (bicyclic) bond motifs is 1. The van der Waals surface area contributed by atoms with Crippen molar-refractivity contribution in [2.45, 2.75) is 32.2 Å². The molecular formula is C23H20FNO3. The maximum Gasteiger partial charge on any atom is 0.288 e. The molecule has 1 aliphatic carbocycles. The average Bonchev–Trinajstić information content (AvgIpc) is 3.05. The largest absolute Gasteiger partial charge is 0.455 e. The van der Waals surface area contributed by atoms with Crippen LogP contribution < -0.4 is 5.32 Å². The minimum atomic E-state index is -0.466. The van der Waals surface area contributed by atoms with Crippen LogP contribution in [-0.2, 0) is 6.42 Å². The summed E-state index contributed by atoms with van der Waals surface area (Å²) in [6.07, 6.45) is 1.88. The lowest BCUT2D eigenvalue weighted by Gasteiger charge is -2.19. The van der Waals surface area contributed by atoms with E-state index in [9.17, 15) is 14.0 Å². The summed E-state index contributed by atoms with van der Waals surface area (Å²) in [5.41, 5.74) is 2.76. The van der Waals surface area contributed by atoms with Crippen LogP contribution in [0.3, 0.4) is 0 Å². The molecule has 1 atom stereocenters. The molecule has 0 aliphatic heterocycles. The average molecular weight is 377 g/mol. The summed E-state index contributed by atoms with van der Waals surface area (Å²) in [4.78, 5) is 25.2. The number of rotatable bonds is 4. The summed E-state index contributed by atoms with van der Waals surface area (Å²) in [7, 11) is 0. The normalized spacial score (nSPS) is 14.4. The number of hydrogen-bond acceptors (Lipinski definition) is 3. The molecule has 4 rings (SSSR count). The molecule has 3 aromatic rings. The van der Waals surface area contributed by atoms with Crippen molar-refractivity contribution in [1.82, 2.24) is 5.32 Å². The van der Waals surface area contributed by atoms with Crippen molar-refractivity contribution in [2.24, 2.45) is 0 Å². The molecule has 0 fully saturated rings. The van der Waals surface area contributed by atoms with Gasteiger partial charge in [0.2, 0.25) is 0 Å². The summed E-state index contributed by atoms with van der Waals surface area (Å²) < 4.78 is 19.1. The quantitative estimate of drug-likeness (QED) is 0.713. The zero-order chi connectivity index (χ0) is 19.7. The lowest BCUT2D eigenvalue weighted by Crippen LogP contribution is -2.29. The number of aryl methyl sites for hydroxylation is 1. The van der Waals surface area contributed by atoms with E-state index in [2.05, 4.69) is 5.32 Å². The van der Waals surface area contributed by atoms with E-state index >= 15 is 0 Å². The zero-order valence-electron chi connectivity index (χ0n) is 15.5. The van der Waals surface area contributed by atoms with Crippen molar-refractivity contribution in [3.05, 3.63) is 94.2 Å². The standard InChI is InChI=1S/C23H20FNO3/c1-14-20-18(26)8-5-9-19(20)28-22(14)23(27)25-21(15-6-3-2-4-7-15)16-10-12-17(24)13-11-16/h2-4,6-7,10-13,21H,5,8-9H2,1H3,(H,25,27)/t21-/m0/s1. The van der Waals surface area contributed by atoms with Crippen molar-refractivity contribution < 1.29 is 18.4 Å². The molecule has 0 radical (unpaired) electrons. The molecule has 1 N–H and O–H groups in total. The molecule has 5 heteroatoms. The van der Waals surface area contributed by atoms with Gasteiger partial charge in [0.1, 0.15) is 11.6 Å². The van der Waals surface area contributed by atoms with Crippen LogP contribution in [0.15, 0.2) is 59.0 Å². The van der Waals surface area contributed by atoms with Crippen LogP contribution >= 0.6 is 0 Å². The lowest BCUT2D eigenvalue weighted by atomic mass is 9.94. The highest BCUT2D eigenvalue weighted by atomic mass is 19.1. The van der Waals surface area contributed by atoms with E-state index in [1.54, 1.807) is 19.1 Å². The van der Waals surface area contributed by atoms with Crippen molar-refractivity contribution in [1.29, 1.82) is 0 Å². The van der Waals surface area contributed by atoms with Gasteiger partial charge in [-0.25, -0.2) is 4.39 Å². The van der Waals surface area contributed by atoms with Gasteiger partial charge >= 0.3 is 0 Å². The van der Waals surface area contributed by atoms with Crippen molar-refractivity contribution in [3.63, 3.8) is 0 Å². The lowest BCUT2D eigenvalue weighted by molar-refractivity contribution is 0.0909. The Hall–Kier alpha value is -3.21. The second-order valence-electron chi connectivity index (χ2n) is 7.00. The number of benzene rings is 2. The fourth-order valence-electron chi connectivity index (χ4n) is 3.72. The molecule has 0 unspecified atom stereocenters. The minimum Gasteiger partial charge on any atom is -0.455 e.